The maximum absolute atomic E-state index is 5.56. The molecular formula is C12H17BrN2O. The predicted octanol–water partition coefficient (Wildman–Crippen LogP) is 2.93. The van der Waals surface area contributed by atoms with Crippen LogP contribution in [0.4, 0.5) is 0 Å². The molecule has 0 saturated heterocycles. The summed E-state index contributed by atoms with van der Waals surface area (Å²) in [5, 5.41) is 0. The van der Waals surface area contributed by atoms with Gasteiger partial charge in [-0.3, -0.25) is 11.3 Å². The molecule has 3 nitrogen and oxygen atoms in total. The van der Waals surface area contributed by atoms with Crippen LogP contribution in [0.5, 0.6) is 5.75 Å². The quantitative estimate of drug-likeness (QED) is 0.480. The van der Waals surface area contributed by atoms with E-state index in [1.807, 2.05) is 24.3 Å². The van der Waals surface area contributed by atoms with Crippen molar-refractivity contribution in [1.29, 1.82) is 0 Å². The molecule has 0 fully saturated rings. The van der Waals surface area contributed by atoms with Crippen molar-refractivity contribution < 1.29 is 4.74 Å². The standard InChI is InChI=1S/C12H17BrN2O/c1-3-4-5-12(15-14)10-8-9(16-2)6-7-11(10)13/h3,6-8,12,15H,1,4-5,14H2,2H3. The van der Waals surface area contributed by atoms with Crippen molar-refractivity contribution in [1.82, 2.24) is 5.43 Å². The van der Waals surface area contributed by atoms with Gasteiger partial charge < -0.3 is 4.74 Å². The predicted molar refractivity (Wildman–Crippen MR) is 70.2 cm³/mol. The van der Waals surface area contributed by atoms with E-state index in [2.05, 4.69) is 27.9 Å². The van der Waals surface area contributed by atoms with Crippen LogP contribution in [0.25, 0.3) is 0 Å². The number of hydrogen-bond donors (Lipinski definition) is 2. The van der Waals surface area contributed by atoms with Gasteiger partial charge in [0, 0.05) is 10.5 Å². The zero-order valence-corrected chi connectivity index (χ0v) is 11.0. The molecule has 1 unspecified atom stereocenters. The highest BCUT2D eigenvalue weighted by atomic mass is 79.9. The summed E-state index contributed by atoms with van der Waals surface area (Å²) >= 11 is 3.52. The van der Waals surface area contributed by atoms with E-state index in [0.717, 1.165) is 28.6 Å². The summed E-state index contributed by atoms with van der Waals surface area (Å²) in [6.45, 7) is 3.71. The normalized spacial score (nSPS) is 12.2. The molecular weight excluding hydrogens is 268 g/mol. The van der Waals surface area contributed by atoms with Crippen LogP contribution < -0.4 is 16.0 Å². The first kappa shape index (κ1) is 13.2. The molecule has 0 bridgehead atoms. The van der Waals surface area contributed by atoms with Crippen molar-refractivity contribution in [3.63, 3.8) is 0 Å². The number of methoxy groups -OCH3 is 1. The first-order valence-corrected chi connectivity index (χ1v) is 5.92. The van der Waals surface area contributed by atoms with Gasteiger partial charge in [-0.15, -0.1) is 6.58 Å². The Morgan fingerprint density at radius 2 is 2.38 bits per heavy atom. The number of nitrogens with two attached hydrogens (primary N) is 1. The number of nitrogens with one attached hydrogen (secondary N) is 1. The summed E-state index contributed by atoms with van der Waals surface area (Å²) in [4.78, 5) is 0. The molecule has 0 heterocycles. The molecule has 1 aromatic carbocycles. The maximum atomic E-state index is 5.56. The Morgan fingerprint density at radius 1 is 1.62 bits per heavy atom. The van der Waals surface area contributed by atoms with E-state index in [4.69, 9.17) is 10.6 Å². The third-order valence-corrected chi connectivity index (χ3v) is 3.16. The monoisotopic (exact) mass is 284 g/mol. The highest BCUT2D eigenvalue weighted by Crippen LogP contribution is 2.29. The fourth-order valence-electron chi connectivity index (χ4n) is 1.53. The zero-order chi connectivity index (χ0) is 12.0. The molecule has 0 aromatic heterocycles. The van der Waals surface area contributed by atoms with Gasteiger partial charge in [0.25, 0.3) is 0 Å². The average Bonchev–Trinajstić information content (AvgIpc) is 2.32. The van der Waals surface area contributed by atoms with Crippen molar-refractivity contribution >= 4 is 15.9 Å². The molecule has 3 N–H and O–H groups in total. The fourth-order valence-corrected chi connectivity index (χ4v) is 2.05. The molecule has 1 rings (SSSR count). The van der Waals surface area contributed by atoms with E-state index >= 15 is 0 Å². The van der Waals surface area contributed by atoms with Crippen LogP contribution in [0, 0.1) is 0 Å². The molecule has 0 aliphatic heterocycles. The molecule has 4 heteroatoms. The topological polar surface area (TPSA) is 47.3 Å². The minimum Gasteiger partial charge on any atom is -0.497 e. The third-order valence-electron chi connectivity index (χ3n) is 2.44. The Bertz CT molecular complexity index is 355. The molecule has 1 atom stereocenters. The molecule has 0 amide bonds. The first-order valence-electron chi connectivity index (χ1n) is 5.13. The van der Waals surface area contributed by atoms with Gasteiger partial charge in [-0.1, -0.05) is 22.0 Å². The summed E-state index contributed by atoms with van der Waals surface area (Å²) in [6, 6.07) is 5.96. The minimum absolute atomic E-state index is 0.0995. The van der Waals surface area contributed by atoms with Crippen molar-refractivity contribution in [2.45, 2.75) is 18.9 Å². The Hall–Kier alpha value is -0.840. The number of allylic oxidation sites excluding steroid dienone is 1. The number of hydrogen-bond acceptors (Lipinski definition) is 3. The smallest absolute Gasteiger partial charge is 0.119 e. The second kappa shape index (κ2) is 6.68. The van der Waals surface area contributed by atoms with E-state index < -0.39 is 0 Å². The van der Waals surface area contributed by atoms with Gasteiger partial charge >= 0.3 is 0 Å². The molecule has 0 saturated carbocycles. The Morgan fingerprint density at radius 3 is 2.94 bits per heavy atom. The number of ether oxygens (including phenoxy) is 1. The van der Waals surface area contributed by atoms with Crippen molar-refractivity contribution in [2.75, 3.05) is 7.11 Å². The van der Waals surface area contributed by atoms with Gasteiger partial charge in [0.15, 0.2) is 0 Å². The highest BCUT2D eigenvalue weighted by molar-refractivity contribution is 9.10. The number of benzene rings is 1. The van der Waals surface area contributed by atoms with Gasteiger partial charge in [-0.2, -0.15) is 0 Å². The van der Waals surface area contributed by atoms with Gasteiger partial charge in [-0.25, -0.2) is 0 Å². The van der Waals surface area contributed by atoms with Crippen molar-refractivity contribution in [3.8, 4) is 5.75 Å². The lowest BCUT2D eigenvalue weighted by atomic mass is 10.0. The molecule has 16 heavy (non-hydrogen) atoms. The highest BCUT2D eigenvalue weighted by Gasteiger charge is 2.13. The summed E-state index contributed by atoms with van der Waals surface area (Å²) in [5.41, 5.74) is 3.91. The van der Waals surface area contributed by atoms with Crippen molar-refractivity contribution in [3.05, 3.63) is 40.9 Å². The van der Waals surface area contributed by atoms with Gasteiger partial charge in [0.05, 0.1) is 7.11 Å². The molecule has 1 aromatic rings. The fraction of sp³-hybridized carbons (Fsp3) is 0.333. The summed E-state index contributed by atoms with van der Waals surface area (Å²) in [7, 11) is 1.65. The molecule has 0 aliphatic carbocycles. The number of halogens is 1. The minimum atomic E-state index is 0.0995. The second-order valence-electron chi connectivity index (χ2n) is 3.47. The first-order chi connectivity index (χ1) is 7.72. The third kappa shape index (κ3) is 3.33. The average molecular weight is 285 g/mol. The van der Waals surface area contributed by atoms with Crippen LogP contribution in [0.2, 0.25) is 0 Å². The molecule has 0 aliphatic rings. The molecule has 88 valence electrons. The zero-order valence-electron chi connectivity index (χ0n) is 9.37. The van der Waals surface area contributed by atoms with Crippen LogP contribution in [-0.4, -0.2) is 7.11 Å². The molecule has 0 spiro atoms. The van der Waals surface area contributed by atoms with E-state index in [9.17, 15) is 0 Å². The lowest BCUT2D eigenvalue weighted by Crippen LogP contribution is -2.28. The Kier molecular flexibility index (Phi) is 5.52. The van der Waals surface area contributed by atoms with E-state index in [-0.39, 0.29) is 6.04 Å². The summed E-state index contributed by atoms with van der Waals surface area (Å²) in [6.07, 6.45) is 3.71. The van der Waals surface area contributed by atoms with E-state index in [1.165, 1.54) is 0 Å². The SMILES string of the molecule is C=CCCC(NN)c1cc(OC)ccc1Br. The Balaban J connectivity index is 2.93. The second-order valence-corrected chi connectivity index (χ2v) is 4.33. The van der Waals surface area contributed by atoms with Crippen molar-refractivity contribution in [2.24, 2.45) is 5.84 Å². The number of rotatable bonds is 6. The Labute approximate surface area is 105 Å². The lowest BCUT2D eigenvalue weighted by molar-refractivity contribution is 0.412. The largest absolute Gasteiger partial charge is 0.497 e. The van der Waals surface area contributed by atoms with Crippen LogP contribution in [0.3, 0.4) is 0 Å². The van der Waals surface area contributed by atoms with E-state index in [0.29, 0.717) is 0 Å². The van der Waals surface area contributed by atoms with Crippen LogP contribution in [0.15, 0.2) is 35.3 Å². The summed E-state index contributed by atoms with van der Waals surface area (Å²) in [5.74, 6) is 6.39. The maximum Gasteiger partial charge on any atom is 0.119 e. The van der Waals surface area contributed by atoms with Gasteiger partial charge in [0.1, 0.15) is 5.75 Å². The lowest BCUT2D eigenvalue weighted by Gasteiger charge is -2.17. The van der Waals surface area contributed by atoms with Gasteiger partial charge in [-0.05, 0) is 36.6 Å². The number of hydrazine groups is 1. The van der Waals surface area contributed by atoms with Crippen LogP contribution in [-0.2, 0) is 0 Å². The van der Waals surface area contributed by atoms with Gasteiger partial charge in [0.2, 0.25) is 0 Å². The van der Waals surface area contributed by atoms with Crippen LogP contribution in [0.1, 0.15) is 24.4 Å². The van der Waals surface area contributed by atoms with Crippen LogP contribution >= 0.6 is 15.9 Å². The summed E-state index contributed by atoms with van der Waals surface area (Å²) < 4.78 is 6.23. The molecule has 0 radical (unpaired) electrons. The van der Waals surface area contributed by atoms with E-state index in [1.54, 1.807) is 7.11 Å².